The SMILES string of the molecule is CN(C(=O)c1ccc2nonc2c1)C1CCCC(=O)C1.CN(C(=O)c1ccc2nonc2c1)[C@H]1CCC[C@H](O)C1. The number of aromatic nitrogens is 4. The third kappa shape index (κ3) is 6.01. The second kappa shape index (κ2) is 11.9. The minimum Gasteiger partial charge on any atom is -0.393 e. The summed E-state index contributed by atoms with van der Waals surface area (Å²) >= 11 is 0. The Kier molecular flexibility index (Phi) is 8.15. The number of Topliss-reactive ketones (excluding diaryl/α,β-unsaturated/α-hetero) is 1. The van der Waals surface area contributed by atoms with Crippen molar-refractivity contribution in [1.82, 2.24) is 30.4 Å². The number of hydrogen-bond donors (Lipinski definition) is 1. The van der Waals surface area contributed by atoms with Gasteiger partial charge in [0.2, 0.25) is 0 Å². The van der Waals surface area contributed by atoms with Gasteiger partial charge in [0.05, 0.1) is 6.10 Å². The Bertz CT molecular complexity index is 1520. The maximum Gasteiger partial charge on any atom is 0.253 e. The van der Waals surface area contributed by atoms with Crippen LogP contribution in [0.5, 0.6) is 0 Å². The molecule has 0 saturated heterocycles. The van der Waals surface area contributed by atoms with Gasteiger partial charge in [0.1, 0.15) is 27.9 Å². The van der Waals surface area contributed by atoms with E-state index < -0.39 is 0 Å². The molecule has 0 bridgehead atoms. The lowest BCUT2D eigenvalue weighted by molar-refractivity contribution is -0.121. The van der Waals surface area contributed by atoms with Gasteiger partial charge >= 0.3 is 0 Å². The lowest BCUT2D eigenvalue weighted by Crippen LogP contribution is -2.41. The van der Waals surface area contributed by atoms with Gasteiger partial charge in [0.25, 0.3) is 11.8 Å². The molecule has 1 unspecified atom stereocenters. The van der Waals surface area contributed by atoms with Crippen molar-refractivity contribution in [2.75, 3.05) is 14.1 Å². The zero-order valence-electron chi connectivity index (χ0n) is 22.5. The number of benzene rings is 2. The monoisotopic (exact) mass is 548 g/mol. The van der Waals surface area contributed by atoms with Crippen LogP contribution in [0.1, 0.15) is 72.1 Å². The van der Waals surface area contributed by atoms with Crippen LogP contribution < -0.4 is 0 Å². The van der Waals surface area contributed by atoms with Gasteiger partial charge in [-0.25, -0.2) is 9.26 Å². The van der Waals surface area contributed by atoms with Crippen molar-refractivity contribution in [3.05, 3.63) is 47.5 Å². The number of carbonyl (C=O) groups is 3. The number of hydrogen-bond acceptors (Lipinski definition) is 10. The molecule has 3 atom stereocenters. The van der Waals surface area contributed by atoms with Gasteiger partial charge in [0.15, 0.2) is 0 Å². The summed E-state index contributed by atoms with van der Waals surface area (Å²) in [4.78, 5) is 39.8. The second-order valence-corrected chi connectivity index (χ2v) is 10.5. The Morgan fingerprint density at radius 1 is 0.775 bits per heavy atom. The van der Waals surface area contributed by atoms with E-state index >= 15 is 0 Å². The Morgan fingerprint density at radius 2 is 1.30 bits per heavy atom. The fraction of sp³-hybridized carbons (Fsp3) is 0.464. The first-order chi connectivity index (χ1) is 19.3. The maximum absolute atomic E-state index is 12.5. The lowest BCUT2D eigenvalue weighted by Gasteiger charge is -2.33. The number of aliphatic hydroxyl groups excluding tert-OH is 1. The molecular weight excluding hydrogens is 516 g/mol. The van der Waals surface area contributed by atoms with E-state index in [1.54, 1.807) is 60.3 Å². The summed E-state index contributed by atoms with van der Waals surface area (Å²) in [7, 11) is 3.53. The van der Waals surface area contributed by atoms with E-state index in [9.17, 15) is 19.5 Å². The molecule has 2 aliphatic rings. The molecule has 2 aromatic heterocycles. The molecule has 40 heavy (non-hydrogen) atoms. The molecule has 0 spiro atoms. The molecule has 2 heterocycles. The predicted molar refractivity (Wildman–Crippen MR) is 143 cm³/mol. The Labute approximate surface area is 230 Å². The van der Waals surface area contributed by atoms with E-state index in [2.05, 4.69) is 29.9 Å². The zero-order chi connectivity index (χ0) is 28.2. The normalized spacial score (nSPS) is 21.1. The van der Waals surface area contributed by atoms with Gasteiger partial charge in [-0.2, -0.15) is 0 Å². The fourth-order valence-electron chi connectivity index (χ4n) is 5.39. The number of amides is 2. The fourth-order valence-corrected chi connectivity index (χ4v) is 5.39. The highest BCUT2D eigenvalue weighted by molar-refractivity contribution is 5.98. The molecule has 2 fully saturated rings. The molecular formula is C28H32N6O6. The molecule has 4 aromatic rings. The van der Waals surface area contributed by atoms with Crippen molar-refractivity contribution in [2.45, 2.75) is 69.6 Å². The number of aliphatic hydroxyl groups is 1. The van der Waals surface area contributed by atoms with Crippen molar-refractivity contribution < 1.29 is 28.7 Å². The van der Waals surface area contributed by atoms with E-state index in [1.165, 1.54) is 0 Å². The average molecular weight is 549 g/mol. The third-order valence-electron chi connectivity index (χ3n) is 7.81. The van der Waals surface area contributed by atoms with E-state index in [4.69, 9.17) is 0 Å². The van der Waals surface area contributed by atoms with E-state index in [0.717, 1.165) is 32.1 Å². The highest BCUT2D eigenvalue weighted by Gasteiger charge is 2.28. The molecule has 6 rings (SSSR count). The van der Waals surface area contributed by atoms with Crippen LogP contribution >= 0.6 is 0 Å². The van der Waals surface area contributed by atoms with Crippen molar-refractivity contribution in [1.29, 1.82) is 0 Å². The standard InChI is InChI=1S/C14H17N3O3.C14H15N3O3/c2*1-17(10-3-2-4-11(18)8-10)14(19)9-5-6-12-13(7-9)16-20-15-12/h5-7,10-11,18H,2-4,8H2,1H3;5-7,10H,2-4,8H2,1H3/t10-,11-;/m0./s1. The molecule has 2 amide bonds. The van der Waals surface area contributed by atoms with Crippen LogP contribution in [0.25, 0.3) is 22.1 Å². The van der Waals surface area contributed by atoms with Crippen molar-refractivity contribution in [3.8, 4) is 0 Å². The molecule has 0 radical (unpaired) electrons. The largest absolute Gasteiger partial charge is 0.393 e. The number of ketones is 1. The first-order valence-electron chi connectivity index (χ1n) is 13.5. The molecule has 0 aliphatic heterocycles. The summed E-state index contributed by atoms with van der Waals surface area (Å²) in [6.45, 7) is 0. The molecule has 12 heteroatoms. The van der Waals surface area contributed by atoms with Crippen molar-refractivity contribution in [3.63, 3.8) is 0 Å². The first-order valence-corrected chi connectivity index (χ1v) is 13.5. The quantitative estimate of drug-likeness (QED) is 0.401. The summed E-state index contributed by atoms with van der Waals surface area (Å²) in [5.41, 5.74) is 3.50. The summed E-state index contributed by atoms with van der Waals surface area (Å²) in [6, 6.07) is 10.3. The van der Waals surface area contributed by atoms with Gasteiger partial charge < -0.3 is 14.9 Å². The van der Waals surface area contributed by atoms with E-state index in [0.29, 0.717) is 52.5 Å². The smallest absolute Gasteiger partial charge is 0.253 e. The zero-order valence-corrected chi connectivity index (χ0v) is 22.5. The summed E-state index contributed by atoms with van der Waals surface area (Å²) in [5.74, 6) is 0.0700. The van der Waals surface area contributed by atoms with Gasteiger partial charge in [-0.3, -0.25) is 14.4 Å². The molecule has 2 aliphatic carbocycles. The predicted octanol–water partition coefficient (Wildman–Crippen LogP) is 3.40. The van der Waals surface area contributed by atoms with E-state index in [1.807, 2.05) is 0 Å². The Hall–Kier alpha value is -4.19. The van der Waals surface area contributed by atoms with Crippen molar-refractivity contribution in [2.24, 2.45) is 0 Å². The molecule has 2 aromatic carbocycles. The second-order valence-electron chi connectivity index (χ2n) is 10.5. The summed E-state index contributed by atoms with van der Waals surface area (Å²) < 4.78 is 9.25. The molecule has 2 saturated carbocycles. The average Bonchev–Trinajstić information content (AvgIpc) is 3.64. The van der Waals surface area contributed by atoms with Crippen molar-refractivity contribution >= 4 is 39.7 Å². The topological polar surface area (TPSA) is 156 Å². The van der Waals surface area contributed by atoms with E-state index in [-0.39, 0.29) is 35.8 Å². The highest BCUT2D eigenvalue weighted by Crippen LogP contribution is 2.24. The number of rotatable bonds is 4. The third-order valence-corrected chi connectivity index (χ3v) is 7.81. The van der Waals surface area contributed by atoms with Gasteiger partial charge in [-0.1, -0.05) is 0 Å². The Morgan fingerprint density at radius 3 is 1.85 bits per heavy atom. The van der Waals surface area contributed by atoms with Crippen LogP contribution in [0.3, 0.4) is 0 Å². The Balaban J connectivity index is 0.000000161. The van der Waals surface area contributed by atoms with Crippen LogP contribution in [0.15, 0.2) is 45.7 Å². The summed E-state index contributed by atoms with van der Waals surface area (Å²) in [5, 5.41) is 24.6. The summed E-state index contributed by atoms with van der Waals surface area (Å²) in [6.07, 6.45) is 5.89. The molecule has 12 nitrogen and oxygen atoms in total. The lowest BCUT2D eigenvalue weighted by atomic mass is 9.92. The van der Waals surface area contributed by atoms with Crippen LogP contribution in [0.4, 0.5) is 0 Å². The number of fused-ring (bicyclic) bond motifs is 2. The van der Waals surface area contributed by atoms with Gasteiger partial charge in [0, 0.05) is 50.1 Å². The van der Waals surface area contributed by atoms with Gasteiger partial charge in [-0.15, -0.1) is 0 Å². The van der Waals surface area contributed by atoms with Crippen LogP contribution in [-0.2, 0) is 4.79 Å². The highest BCUT2D eigenvalue weighted by atomic mass is 16.6. The first kappa shape index (κ1) is 27.4. The minimum atomic E-state index is -0.300. The molecule has 210 valence electrons. The maximum atomic E-state index is 12.5. The van der Waals surface area contributed by atoms with Crippen LogP contribution in [-0.4, -0.2) is 85.4 Å². The number of carbonyl (C=O) groups excluding carboxylic acids is 3. The molecule has 1 N–H and O–H groups in total. The number of nitrogens with zero attached hydrogens (tertiary/aromatic N) is 6. The van der Waals surface area contributed by atoms with Crippen LogP contribution in [0, 0.1) is 0 Å². The minimum absolute atomic E-state index is 0.00474. The van der Waals surface area contributed by atoms with Crippen LogP contribution in [0.2, 0.25) is 0 Å². The van der Waals surface area contributed by atoms with Gasteiger partial charge in [-0.05, 0) is 95.5 Å².